The van der Waals surface area contributed by atoms with E-state index in [-0.39, 0.29) is 0 Å². The van der Waals surface area contributed by atoms with Crippen LogP contribution >= 0.6 is 0 Å². The van der Waals surface area contributed by atoms with Gasteiger partial charge in [-0.1, -0.05) is 36.4 Å². The van der Waals surface area contributed by atoms with Crippen molar-refractivity contribution in [2.45, 2.75) is 25.8 Å². The summed E-state index contributed by atoms with van der Waals surface area (Å²) in [5, 5.41) is 6.90. The van der Waals surface area contributed by atoms with Crippen LogP contribution < -0.4 is 20.3 Å². The Morgan fingerprint density at radius 3 is 2.75 bits per heavy atom. The van der Waals surface area contributed by atoms with Crippen LogP contribution in [0.4, 0.5) is 17.5 Å². The van der Waals surface area contributed by atoms with E-state index in [0.717, 1.165) is 61.1 Å². The van der Waals surface area contributed by atoms with Crippen molar-refractivity contribution >= 4 is 17.5 Å². The number of anilines is 3. The second-order valence-corrected chi connectivity index (χ2v) is 8.22. The molecule has 0 unspecified atom stereocenters. The summed E-state index contributed by atoms with van der Waals surface area (Å²) in [7, 11) is 0. The molecule has 0 saturated carbocycles. The summed E-state index contributed by atoms with van der Waals surface area (Å²) in [5.74, 6) is 2.45. The summed E-state index contributed by atoms with van der Waals surface area (Å²) in [4.78, 5) is 12.1. The number of hydrogen-bond acceptors (Lipinski definition) is 6. The molecule has 2 N–H and O–H groups in total. The Balaban J connectivity index is 1.54. The lowest BCUT2D eigenvalue weighted by Crippen LogP contribution is -2.19. The average Bonchev–Trinajstić information content (AvgIpc) is 3.36. The third-order valence-corrected chi connectivity index (χ3v) is 5.77. The summed E-state index contributed by atoms with van der Waals surface area (Å²) in [6.45, 7) is 4.36. The van der Waals surface area contributed by atoms with E-state index >= 15 is 0 Å². The quantitative estimate of drug-likeness (QED) is 0.538. The predicted molar refractivity (Wildman–Crippen MR) is 130 cm³/mol. The van der Waals surface area contributed by atoms with Crippen molar-refractivity contribution in [1.82, 2.24) is 15.3 Å². The third kappa shape index (κ3) is 5.08. The molecule has 1 fully saturated rings. The van der Waals surface area contributed by atoms with Gasteiger partial charge in [0.25, 0.3) is 0 Å². The fourth-order valence-electron chi connectivity index (χ4n) is 4.13. The minimum absolute atomic E-state index is 0.616. The molecule has 2 aromatic carbocycles. The second-order valence-electron chi connectivity index (χ2n) is 8.22. The van der Waals surface area contributed by atoms with Gasteiger partial charge in [0.2, 0.25) is 5.95 Å². The minimum atomic E-state index is 0.616. The van der Waals surface area contributed by atoms with Crippen molar-refractivity contribution in [3.63, 3.8) is 0 Å². The first kappa shape index (κ1) is 20.5. The number of aromatic nitrogens is 2. The Morgan fingerprint density at radius 2 is 1.81 bits per heavy atom. The lowest BCUT2D eigenvalue weighted by molar-refractivity contribution is 0.325. The molecule has 1 aromatic heterocycles. The van der Waals surface area contributed by atoms with Crippen LogP contribution in [-0.2, 0) is 6.54 Å². The van der Waals surface area contributed by atoms with Crippen molar-refractivity contribution in [3.8, 4) is 17.0 Å². The normalized spacial score (nSPS) is 16.6. The smallest absolute Gasteiger partial charge is 0.229 e. The highest BCUT2D eigenvalue weighted by molar-refractivity contribution is 5.68. The van der Waals surface area contributed by atoms with Crippen molar-refractivity contribution in [2.24, 2.45) is 0 Å². The molecule has 2 aliphatic heterocycles. The van der Waals surface area contributed by atoms with Crippen LogP contribution in [0.5, 0.6) is 5.75 Å². The molecular weight excluding hydrogens is 398 g/mol. The van der Waals surface area contributed by atoms with Gasteiger partial charge in [-0.15, -0.1) is 0 Å². The summed E-state index contributed by atoms with van der Waals surface area (Å²) in [5.41, 5.74) is 4.13. The van der Waals surface area contributed by atoms with Crippen LogP contribution in [0.2, 0.25) is 0 Å². The molecule has 0 amide bonds. The van der Waals surface area contributed by atoms with Gasteiger partial charge in [0.1, 0.15) is 11.6 Å². The Morgan fingerprint density at radius 1 is 0.906 bits per heavy atom. The first-order chi connectivity index (χ1) is 15.8. The van der Waals surface area contributed by atoms with Gasteiger partial charge in [-0.05, 0) is 49.1 Å². The fraction of sp³-hybridized carbons (Fsp3) is 0.308. The maximum absolute atomic E-state index is 5.99. The Bertz CT molecular complexity index is 1090. The van der Waals surface area contributed by atoms with Gasteiger partial charge in [0.05, 0.1) is 12.3 Å². The van der Waals surface area contributed by atoms with Gasteiger partial charge in [-0.25, -0.2) is 4.98 Å². The summed E-state index contributed by atoms with van der Waals surface area (Å²) in [6, 6.07) is 18.7. The SMILES string of the molecule is C1=CCNCc2cccc(c2)Nc2nc(cc(N3CCCC3)n2)-c2cccc(c2)OCC1. The highest BCUT2D eigenvalue weighted by atomic mass is 16.5. The molecule has 32 heavy (non-hydrogen) atoms. The highest BCUT2D eigenvalue weighted by Crippen LogP contribution is 2.29. The first-order valence-electron chi connectivity index (χ1n) is 11.4. The first-order valence-corrected chi connectivity index (χ1v) is 11.4. The molecule has 0 aliphatic carbocycles. The lowest BCUT2D eigenvalue weighted by atomic mass is 10.1. The standard InChI is InChI=1S/C26H29N5O/c1-2-12-27-19-20-8-6-10-22(16-20)28-26-29-24(18-25(30-26)31-13-3-4-14-31)21-9-7-11-23(17-21)32-15-5-1/h1-2,6-11,16-18,27H,3-5,12-15,19H2,(H,28,29,30). The molecule has 6 bridgehead atoms. The van der Waals surface area contributed by atoms with Gasteiger partial charge < -0.3 is 20.3 Å². The molecule has 3 heterocycles. The second kappa shape index (κ2) is 9.83. The number of ether oxygens (including phenoxy) is 1. The van der Waals surface area contributed by atoms with E-state index in [1.165, 1.54) is 18.4 Å². The number of rotatable bonds is 1. The average molecular weight is 428 g/mol. The molecule has 0 radical (unpaired) electrons. The van der Waals surface area contributed by atoms with E-state index in [9.17, 15) is 0 Å². The van der Waals surface area contributed by atoms with Crippen molar-refractivity contribution in [1.29, 1.82) is 0 Å². The molecule has 6 nitrogen and oxygen atoms in total. The monoisotopic (exact) mass is 427 g/mol. The largest absolute Gasteiger partial charge is 0.493 e. The Labute approximate surface area is 189 Å². The van der Waals surface area contributed by atoms with Crippen LogP contribution in [0.3, 0.4) is 0 Å². The summed E-state index contributed by atoms with van der Waals surface area (Å²) < 4.78 is 5.99. The molecule has 5 rings (SSSR count). The summed E-state index contributed by atoms with van der Waals surface area (Å²) >= 11 is 0. The summed E-state index contributed by atoms with van der Waals surface area (Å²) in [6.07, 6.45) is 7.60. The Kier molecular flexibility index (Phi) is 6.30. The third-order valence-electron chi connectivity index (χ3n) is 5.77. The number of nitrogens with zero attached hydrogens (tertiary/aromatic N) is 3. The van der Waals surface area contributed by atoms with Crippen LogP contribution in [0.15, 0.2) is 66.7 Å². The van der Waals surface area contributed by atoms with E-state index in [4.69, 9.17) is 14.7 Å². The maximum atomic E-state index is 5.99. The molecule has 1 saturated heterocycles. The van der Waals surface area contributed by atoms with Gasteiger partial charge >= 0.3 is 0 Å². The van der Waals surface area contributed by atoms with E-state index in [2.05, 4.69) is 70.2 Å². The number of nitrogens with one attached hydrogen (secondary N) is 2. The molecule has 0 atom stereocenters. The lowest BCUT2D eigenvalue weighted by Gasteiger charge is -2.19. The van der Waals surface area contributed by atoms with Gasteiger partial charge in [0, 0.05) is 43.5 Å². The van der Waals surface area contributed by atoms with Crippen LogP contribution in [-0.4, -0.2) is 36.2 Å². The van der Waals surface area contributed by atoms with Crippen molar-refractivity contribution < 1.29 is 4.74 Å². The molecule has 6 heteroatoms. The number of fused-ring (bicyclic) bond motifs is 7. The molecular formula is C26H29N5O. The number of benzene rings is 2. The maximum Gasteiger partial charge on any atom is 0.229 e. The van der Waals surface area contributed by atoms with Crippen LogP contribution in [0, 0.1) is 0 Å². The van der Waals surface area contributed by atoms with E-state index in [0.29, 0.717) is 12.6 Å². The van der Waals surface area contributed by atoms with E-state index in [1.807, 2.05) is 12.1 Å². The van der Waals surface area contributed by atoms with Crippen molar-refractivity contribution in [2.75, 3.05) is 36.5 Å². The van der Waals surface area contributed by atoms with Gasteiger partial charge in [-0.3, -0.25) is 0 Å². The minimum Gasteiger partial charge on any atom is -0.493 e. The number of hydrogen-bond donors (Lipinski definition) is 2. The van der Waals surface area contributed by atoms with Gasteiger partial charge in [0.15, 0.2) is 0 Å². The zero-order valence-corrected chi connectivity index (χ0v) is 18.3. The zero-order valence-electron chi connectivity index (χ0n) is 18.3. The fourth-order valence-corrected chi connectivity index (χ4v) is 4.13. The highest BCUT2D eigenvalue weighted by Gasteiger charge is 2.17. The topological polar surface area (TPSA) is 62.3 Å². The molecule has 0 spiro atoms. The molecule has 3 aromatic rings. The van der Waals surface area contributed by atoms with E-state index in [1.54, 1.807) is 0 Å². The van der Waals surface area contributed by atoms with Crippen LogP contribution in [0.25, 0.3) is 11.3 Å². The zero-order chi connectivity index (χ0) is 21.6. The Hall–Kier alpha value is -3.38. The molecule has 164 valence electrons. The predicted octanol–water partition coefficient (Wildman–Crippen LogP) is 4.92. The molecule has 2 aliphatic rings. The van der Waals surface area contributed by atoms with Gasteiger partial charge in [-0.2, -0.15) is 4.98 Å². The van der Waals surface area contributed by atoms with E-state index < -0.39 is 0 Å². The van der Waals surface area contributed by atoms with Crippen LogP contribution in [0.1, 0.15) is 24.8 Å². The van der Waals surface area contributed by atoms with Crippen molar-refractivity contribution in [3.05, 3.63) is 72.3 Å².